The van der Waals surface area contributed by atoms with Crippen molar-refractivity contribution in [3.8, 4) is 0 Å². The Labute approximate surface area is 66.6 Å². The molecule has 64 valence electrons. The first kappa shape index (κ1) is 8.53. The molecule has 0 aliphatic heterocycles. The summed E-state index contributed by atoms with van der Waals surface area (Å²) in [6, 6.07) is -0.131. The van der Waals surface area contributed by atoms with Crippen molar-refractivity contribution in [1.29, 1.82) is 0 Å². The fraction of sp³-hybridized carbons (Fsp3) is 0.875. The third-order valence-corrected chi connectivity index (χ3v) is 2.08. The number of carbonyl (C=O) groups is 1. The highest BCUT2D eigenvalue weighted by atomic mass is 16.4. The molecule has 0 radical (unpaired) electrons. The second-order valence-electron chi connectivity index (χ2n) is 3.38. The standard InChI is InChI=1S/C8H15NO2/c9-7(5-8(10)11)4-3-6-1-2-6/h6-7H,1-5,9H2,(H,10,11). The number of hydrogen-bond acceptors (Lipinski definition) is 2. The molecule has 1 atom stereocenters. The van der Waals surface area contributed by atoms with Gasteiger partial charge in [0.2, 0.25) is 0 Å². The average Bonchev–Trinajstić information content (AvgIpc) is 2.63. The fourth-order valence-corrected chi connectivity index (χ4v) is 1.18. The number of carboxylic acids is 1. The molecular weight excluding hydrogens is 142 g/mol. The van der Waals surface area contributed by atoms with E-state index in [1.807, 2.05) is 0 Å². The minimum atomic E-state index is -0.784. The number of nitrogens with two attached hydrogens (primary N) is 1. The van der Waals surface area contributed by atoms with Crippen molar-refractivity contribution in [1.82, 2.24) is 0 Å². The smallest absolute Gasteiger partial charge is 0.304 e. The molecule has 3 nitrogen and oxygen atoms in total. The number of carboxylic acid groups (broad SMARTS) is 1. The van der Waals surface area contributed by atoms with Gasteiger partial charge in [0.25, 0.3) is 0 Å². The topological polar surface area (TPSA) is 63.3 Å². The van der Waals surface area contributed by atoms with E-state index in [1.54, 1.807) is 0 Å². The summed E-state index contributed by atoms with van der Waals surface area (Å²) in [5, 5.41) is 8.38. The van der Waals surface area contributed by atoms with Crippen LogP contribution < -0.4 is 5.73 Å². The maximum absolute atomic E-state index is 10.2. The van der Waals surface area contributed by atoms with Crippen LogP contribution in [0.15, 0.2) is 0 Å². The second kappa shape index (κ2) is 3.72. The van der Waals surface area contributed by atoms with E-state index in [1.165, 1.54) is 12.8 Å². The van der Waals surface area contributed by atoms with Gasteiger partial charge in [0.15, 0.2) is 0 Å². The predicted molar refractivity (Wildman–Crippen MR) is 42.2 cm³/mol. The summed E-state index contributed by atoms with van der Waals surface area (Å²) in [4.78, 5) is 10.2. The quantitative estimate of drug-likeness (QED) is 0.625. The minimum Gasteiger partial charge on any atom is -0.481 e. The summed E-state index contributed by atoms with van der Waals surface area (Å²) in [5.41, 5.74) is 5.57. The lowest BCUT2D eigenvalue weighted by Crippen LogP contribution is -2.23. The van der Waals surface area contributed by atoms with E-state index in [9.17, 15) is 4.79 Å². The molecule has 0 spiro atoms. The molecule has 1 fully saturated rings. The molecule has 0 heterocycles. The van der Waals surface area contributed by atoms with Gasteiger partial charge in [-0.3, -0.25) is 4.79 Å². The van der Waals surface area contributed by atoms with Crippen molar-refractivity contribution in [2.45, 2.75) is 38.1 Å². The van der Waals surface area contributed by atoms with Crippen LogP contribution in [0.4, 0.5) is 0 Å². The zero-order valence-corrected chi connectivity index (χ0v) is 6.62. The minimum absolute atomic E-state index is 0.118. The van der Waals surface area contributed by atoms with E-state index in [2.05, 4.69) is 0 Å². The summed E-state index contributed by atoms with van der Waals surface area (Å²) in [6.07, 6.45) is 4.75. The summed E-state index contributed by atoms with van der Waals surface area (Å²) in [5.74, 6) is 0.0724. The van der Waals surface area contributed by atoms with Gasteiger partial charge in [-0.1, -0.05) is 12.8 Å². The van der Waals surface area contributed by atoms with Gasteiger partial charge in [-0.25, -0.2) is 0 Å². The maximum atomic E-state index is 10.2. The molecule has 0 aromatic rings. The van der Waals surface area contributed by atoms with Crippen molar-refractivity contribution in [2.24, 2.45) is 11.7 Å². The second-order valence-corrected chi connectivity index (χ2v) is 3.38. The van der Waals surface area contributed by atoms with Crippen molar-refractivity contribution in [2.75, 3.05) is 0 Å². The van der Waals surface area contributed by atoms with Gasteiger partial charge in [0.05, 0.1) is 6.42 Å². The number of aliphatic carboxylic acids is 1. The third-order valence-electron chi connectivity index (χ3n) is 2.08. The molecular formula is C8H15NO2. The Morgan fingerprint density at radius 1 is 1.64 bits per heavy atom. The molecule has 1 aliphatic rings. The van der Waals surface area contributed by atoms with Gasteiger partial charge >= 0.3 is 5.97 Å². The Hall–Kier alpha value is -0.570. The van der Waals surface area contributed by atoms with Crippen LogP contribution in [0.3, 0.4) is 0 Å². The van der Waals surface area contributed by atoms with Crippen LogP contribution in [-0.2, 0) is 4.79 Å². The van der Waals surface area contributed by atoms with Crippen molar-refractivity contribution < 1.29 is 9.90 Å². The van der Waals surface area contributed by atoms with Crippen LogP contribution >= 0.6 is 0 Å². The maximum Gasteiger partial charge on any atom is 0.304 e. The van der Waals surface area contributed by atoms with Gasteiger partial charge in [-0.15, -0.1) is 0 Å². The molecule has 3 heteroatoms. The summed E-state index contributed by atoms with van der Waals surface area (Å²) >= 11 is 0. The molecule has 1 aliphatic carbocycles. The van der Waals surface area contributed by atoms with E-state index >= 15 is 0 Å². The normalized spacial score (nSPS) is 19.7. The van der Waals surface area contributed by atoms with Crippen molar-refractivity contribution in [3.05, 3.63) is 0 Å². The van der Waals surface area contributed by atoms with Gasteiger partial charge in [0, 0.05) is 6.04 Å². The van der Waals surface area contributed by atoms with Crippen LogP contribution in [0.1, 0.15) is 32.1 Å². The van der Waals surface area contributed by atoms with E-state index in [-0.39, 0.29) is 12.5 Å². The van der Waals surface area contributed by atoms with Crippen LogP contribution in [0.5, 0.6) is 0 Å². The van der Waals surface area contributed by atoms with Crippen molar-refractivity contribution in [3.63, 3.8) is 0 Å². The molecule has 11 heavy (non-hydrogen) atoms. The highest BCUT2D eigenvalue weighted by molar-refractivity contribution is 5.67. The zero-order valence-electron chi connectivity index (χ0n) is 6.62. The van der Waals surface area contributed by atoms with Crippen LogP contribution in [0.25, 0.3) is 0 Å². The number of hydrogen-bond donors (Lipinski definition) is 2. The van der Waals surface area contributed by atoms with E-state index < -0.39 is 5.97 Å². The Morgan fingerprint density at radius 3 is 2.73 bits per heavy atom. The first-order chi connectivity index (χ1) is 5.18. The fourth-order valence-electron chi connectivity index (χ4n) is 1.18. The predicted octanol–water partition coefficient (Wildman–Crippen LogP) is 0.979. The Morgan fingerprint density at radius 2 is 2.27 bits per heavy atom. The third kappa shape index (κ3) is 3.98. The molecule has 1 unspecified atom stereocenters. The summed E-state index contributed by atoms with van der Waals surface area (Å²) in [6.45, 7) is 0. The average molecular weight is 157 g/mol. The van der Waals surface area contributed by atoms with E-state index in [0.717, 1.165) is 18.8 Å². The van der Waals surface area contributed by atoms with Gasteiger partial charge in [0.1, 0.15) is 0 Å². The molecule has 1 saturated carbocycles. The molecule has 1 rings (SSSR count). The highest BCUT2D eigenvalue weighted by Gasteiger charge is 2.21. The lowest BCUT2D eigenvalue weighted by atomic mass is 10.1. The first-order valence-corrected chi connectivity index (χ1v) is 4.16. The largest absolute Gasteiger partial charge is 0.481 e. The van der Waals surface area contributed by atoms with Gasteiger partial charge < -0.3 is 10.8 Å². The van der Waals surface area contributed by atoms with Crippen LogP contribution in [0, 0.1) is 5.92 Å². The first-order valence-electron chi connectivity index (χ1n) is 4.16. The highest BCUT2D eigenvalue weighted by Crippen LogP contribution is 2.33. The Bertz CT molecular complexity index is 143. The molecule has 0 aromatic heterocycles. The summed E-state index contributed by atoms with van der Waals surface area (Å²) < 4.78 is 0. The zero-order chi connectivity index (χ0) is 8.27. The molecule has 0 saturated heterocycles. The Kier molecular flexibility index (Phi) is 2.88. The van der Waals surface area contributed by atoms with E-state index in [0.29, 0.717) is 0 Å². The SMILES string of the molecule is NC(CCC1CC1)CC(=O)O. The van der Waals surface area contributed by atoms with Crippen molar-refractivity contribution >= 4 is 5.97 Å². The monoisotopic (exact) mass is 157 g/mol. The summed E-state index contributed by atoms with van der Waals surface area (Å²) in [7, 11) is 0. The molecule has 0 bridgehead atoms. The number of rotatable bonds is 5. The van der Waals surface area contributed by atoms with Crippen LogP contribution in [0.2, 0.25) is 0 Å². The van der Waals surface area contributed by atoms with Gasteiger partial charge in [-0.2, -0.15) is 0 Å². The lowest BCUT2D eigenvalue weighted by molar-refractivity contribution is -0.137. The van der Waals surface area contributed by atoms with E-state index in [4.69, 9.17) is 10.8 Å². The molecule has 3 N–H and O–H groups in total. The van der Waals surface area contributed by atoms with Crippen LogP contribution in [-0.4, -0.2) is 17.1 Å². The lowest BCUT2D eigenvalue weighted by Gasteiger charge is -2.06. The Balaban J connectivity index is 1.99. The molecule has 0 amide bonds. The van der Waals surface area contributed by atoms with Gasteiger partial charge in [-0.05, 0) is 18.8 Å². The molecule has 0 aromatic carbocycles.